The van der Waals surface area contributed by atoms with Crippen LogP contribution in [0.15, 0.2) is 21.3 Å². The van der Waals surface area contributed by atoms with Gasteiger partial charge in [0.1, 0.15) is 21.9 Å². The lowest BCUT2D eigenvalue weighted by atomic mass is 10.1. The Balaban J connectivity index is 3.06. The van der Waals surface area contributed by atoms with Gasteiger partial charge in [0.15, 0.2) is 5.75 Å². The standard InChI is InChI=1S/C10H7ClO4/c1-4-2-5-3-6(12)8(11)9(13)7(5)10(14)15-4/h2-3,12-13H,1H3. The molecule has 0 saturated carbocycles. The van der Waals surface area contributed by atoms with Gasteiger partial charge in [0, 0.05) is 0 Å². The summed E-state index contributed by atoms with van der Waals surface area (Å²) in [7, 11) is 0. The fraction of sp³-hybridized carbons (Fsp3) is 0.100. The van der Waals surface area contributed by atoms with E-state index in [1.54, 1.807) is 6.92 Å². The zero-order chi connectivity index (χ0) is 11.2. The highest BCUT2D eigenvalue weighted by atomic mass is 35.5. The van der Waals surface area contributed by atoms with E-state index >= 15 is 0 Å². The average Bonchev–Trinajstić information content (AvgIpc) is 2.13. The molecule has 0 bridgehead atoms. The van der Waals surface area contributed by atoms with Crippen LogP contribution in [0.3, 0.4) is 0 Å². The topological polar surface area (TPSA) is 70.7 Å². The van der Waals surface area contributed by atoms with Gasteiger partial charge in [-0.15, -0.1) is 0 Å². The van der Waals surface area contributed by atoms with E-state index < -0.39 is 11.4 Å². The normalized spacial score (nSPS) is 10.8. The van der Waals surface area contributed by atoms with Gasteiger partial charge in [-0.2, -0.15) is 0 Å². The monoisotopic (exact) mass is 226 g/mol. The second kappa shape index (κ2) is 3.17. The molecule has 0 radical (unpaired) electrons. The van der Waals surface area contributed by atoms with Crippen molar-refractivity contribution < 1.29 is 14.6 Å². The molecule has 0 atom stereocenters. The van der Waals surface area contributed by atoms with Crippen molar-refractivity contribution in [1.29, 1.82) is 0 Å². The predicted molar refractivity (Wildman–Crippen MR) is 55.6 cm³/mol. The van der Waals surface area contributed by atoms with Crippen LogP contribution in [0.2, 0.25) is 5.02 Å². The van der Waals surface area contributed by atoms with E-state index in [4.69, 9.17) is 16.0 Å². The van der Waals surface area contributed by atoms with Gasteiger partial charge in [-0.3, -0.25) is 0 Å². The summed E-state index contributed by atoms with van der Waals surface area (Å²) in [6, 6.07) is 2.84. The molecule has 1 heterocycles. The summed E-state index contributed by atoms with van der Waals surface area (Å²) >= 11 is 5.59. The highest BCUT2D eigenvalue weighted by molar-refractivity contribution is 6.34. The van der Waals surface area contributed by atoms with Crippen molar-refractivity contribution >= 4 is 22.4 Å². The molecule has 0 aliphatic rings. The molecule has 0 saturated heterocycles. The molecule has 0 unspecified atom stereocenters. The van der Waals surface area contributed by atoms with Crippen LogP contribution in [0.4, 0.5) is 0 Å². The molecule has 78 valence electrons. The number of hydrogen-bond acceptors (Lipinski definition) is 4. The summed E-state index contributed by atoms with van der Waals surface area (Å²) in [5, 5.41) is 19.0. The van der Waals surface area contributed by atoms with Crippen molar-refractivity contribution in [2.45, 2.75) is 6.92 Å². The first-order chi connectivity index (χ1) is 7.00. The fourth-order valence-corrected chi connectivity index (χ4v) is 1.57. The molecule has 0 aliphatic heterocycles. The van der Waals surface area contributed by atoms with Crippen molar-refractivity contribution in [2.75, 3.05) is 0 Å². The summed E-state index contributed by atoms with van der Waals surface area (Å²) in [4.78, 5) is 11.4. The smallest absolute Gasteiger partial charge is 0.347 e. The largest absolute Gasteiger partial charge is 0.506 e. The first kappa shape index (κ1) is 9.86. The molecular formula is C10H7ClO4. The second-order valence-corrected chi connectivity index (χ2v) is 3.54. The Morgan fingerprint density at radius 1 is 1.33 bits per heavy atom. The van der Waals surface area contributed by atoms with Crippen molar-refractivity contribution in [2.24, 2.45) is 0 Å². The van der Waals surface area contributed by atoms with Crippen LogP contribution in [0, 0.1) is 6.92 Å². The average molecular weight is 227 g/mol. The molecule has 4 nitrogen and oxygen atoms in total. The molecule has 0 aliphatic carbocycles. The Morgan fingerprint density at radius 3 is 2.67 bits per heavy atom. The van der Waals surface area contributed by atoms with Crippen LogP contribution in [0.5, 0.6) is 11.5 Å². The molecule has 2 aromatic rings. The van der Waals surface area contributed by atoms with E-state index in [2.05, 4.69) is 0 Å². The van der Waals surface area contributed by atoms with E-state index in [1.165, 1.54) is 12.1 Å². The van der Waals surface area contributed by atoms with Crippen LogP contribution in [-0.4, -0.2) is 10.2 Å². The Morgan fingerprint density at radius 2 is 2.00 bits per heavy atom. The number of aromatic hydroxyl groups is 2. The predicted octanol–water partition coefficient (Wildman–Crippen LogP) is 2.17. The maximum Gasteiger partial charge on any atom is 0.347 e. The van der Waals surface area contributed by atoms with Crippen molar-refractivity contribution in [3.05, 3.63) is 33.3 Å². The molecule has 2 rings (SSSR count). The minimum absolute atomic E-state index is 0.0246. The third-order valence-corrected chi connectivity index (χ3v) is 2.44. The lowest BCUT2D eigenvalue weighted by Gasteiger charge is -2.04. The molecule has 1 aromatic heterocycles. The van der Waals surface area contributed by atoms with Crippen molar-refractivity contribution in [3.8, 4) is 11.5 Å². The van der Waals surface area contributed by atoms with Crippen LogP contribution in [-0.2, 0) is 0 Å². The molecule has 1 aromatic carbocycles. The number of phenolic OH excluding ortho intramolecular Hbond substituents is 2. The second-order valence-electron chi connectivity index (χ2n) is 3.17. The Kier molecular flexibility index (Phi) is 2.08. The lowest BCUT2D eigenvalue weighted by Crippen LogP contribution is -2.00. The first-order valence-electron chi connectivity index (χ1n) is 4.15. The van der Waals surface area contributed by atoms with Gasteiger partial charge in [0.2, 0.25) is 0 Å². The number of hydrogen-bond donors (Lipinski definition) is 2. The highest BCUT2D eigenvalue weighted by Gasteiger charge is 2.14. The molecule has 0 fully saturated rings. The summed E-state index contributed by atoms with van der Waals surface area (Å²) < 4.78 is 4.81. The van der Waals surface area contributed by atoms with Crippen molar-refractivity contribution in [1.82, 2.24) is 0 Å². The zero-order valence-electron chi connectivity index (χ0n) is 7.74. The summed E-state index contributed by atoms with van der Waals surface area (Å²) in [6.07, 6.45) is 0. The SMILES string of the molecule is Cc1cc2cc(O)c(Cl)c(O)c2c(=O)o1. The molecule has 0 amide bonds. The Bertz CT molecular complexity index is 600. The van der Waals surface area contributed by atoms with Crippen LogP contribution < -0.4 is 5.63 Å². The number of fused-ring (bicyclic) bond motifs is 1. The lowest BCUT2D eigenvalue weighted by molar-refractivity contribution is 0.449. The number of benzene rings is 1. The van der Waals surface area contributed by atoms with Gasteiger partial charge in [-0.1, -0.05) is 11.6 Å². The molecule has 0 spiro atoms. The highest BCUT2D eigenvalue weighted by Crippen LogP contribution is 2.37. The van der Waals surface area contributed by atoms with E-state index in [1.807, 2.05) is 0 Å². The van der Waals surface area contributed by atoms with Gasteiger partial charge in [-0.25, -0.2) is 4.79 Å². The van der Waals surface area contributed by atoms with Gasteiger partial charge in [-0.05, 0) is 24.4 Å². The molecule has 5 heteroatoms. The third kappa shape index (κ3) is 1.43. The molecule has 15 heavy (non-hydrogen) atoms. The number of aryl methyl sites for hydroxylation is 1. The third-order valence-electron chi connectivity index (χ3n) is 2.07. The van der Waals surface area contributed by atoms with E-state index in [0.717, 1.165) is 0 Å². The zero-order valence-corrected chi connectivity index (χ0v) is 8.50. The van der Waals surface area contributed by atoms with Gasteiger partial charge >= 0.3 is 5.63 Å². The first-order valence-corrected chi connectivity index (χ1v) is 4.53. The van der Waals surface area contributed by atoms with Crippen molar-refractivity contribution in [3.63, 3.8) is 0 Å². The minimum atomic E-state index is -0.676. The Hall–Kier alpha value is -1.68. The van der Waals surface area contributed by atoms with Gasteiger partial charge in [0.25, 0.3) is 0 Å². The van der Waals surface area contributed by atoms with Crippen LogP contribution >= 0.6 is 11.6 Å². The Labute approximate surface area is 89.3 Å². The fourth-order valence-electron chi connectivity index (χ4n) is 1.42. The number of rotatable bonds is 0. The maximum absolute atomic E-state index is 11.4. The number of halogens is 1. The molecule has 2 N–H and O–H groups in total. The minimum Gasteiger partial charge on any atom is -0.506 e. The van der Waals surface area contributed by atoms with Gasteiger partial charge < -0.3 is 14.6 Å². The van der Waals surface area contributed by atoms with Gasteiger partial charge in [0.05, 0.1) is 0 Å². The molecular weight excluding hydrogens is 220 g/mol. The summed E-state index contributed by atoms with van der Waals surface area (Å²) in [6.45, 7) is 1.60. The summed E-state index contributed by atoms with van der Waals surface area (Å²) in [5.41, 5.74) is -0.676. The van der Waals surface area contributed by atoms with E-state index in [0.29, 0.717) is 11.1 Å². The van der Waals surface area contributed by atoms with E-state index in [-0.39, 0.29) is 16.2 Å². The van der Waals surface area contributed by atoms with Crippen LogP contribution in [0.25, 0.3) is 10.8 Å². The van der Waals surface area contributed by atoms with Crippen LogP contribution in [0.1, 0.15) is 5.76 Å². The quantitative estimate of drug-likeness (QED) is 0.722. The number of phenols is 2. The maximum atomic E-state index is 11.4. The summed E-state index contributed by atoms with van der Waals surface area (Å²) in [5.74, 6) is -0.333. The van der Waals surface area contributed by atoms with E-state index in [9.17, 15) is 15.0 Å².